The number of nitrogens with zero attached hydrogens (tertiary/aromatic N) is 1. The number of rotatable bonds is 3. The molecule has 3 nitrogen and oxygen atoms in total. The minimum absolute atomic E-state index is 0. The average molecular weight is 193 g/mol. The topological polar surface area (TPSA) is 29.1 Å². The summed E-state index contributed by atoms with van der Waals surface area (Å²) >= 11 is 0. The van der Waals surface area contributed by atoms with Crippen molar-refractivity contribution in [3.8, 4) is 0 Å². The monoisotopic (exact) mass is 192 g/mol. The lowest BCUT2D eigenvalue weighted by molar-refractivity contribution is -0.896. The SMILES string of the molecule is C=CC(=O)NC(C)[N+](C)(C)C.[Cl-]. The number of halogens is 1. The maximum absolute atomic E-state index is 10.8. The third-order valence-corrected chi connectivity index (χ3v) is 1.70. The molecule has 0 rings (SSSR count). The Morgan fingerprint density at radius 3 is 2.17 bits per heavy atom. The number of carbonyl (C=O) groups excluding carboxylic acids is 1. The molecule has 4 heteroatoms. The molecule has 1 amide bonds. The summed E-state index contributed by atoms with van der Waals surface area (Å²) in [6.07, 6.45) is 1.40. The van der Waals surface area contributed by atoms with Gasteiger partial charge in [-0.05, 0) is 6.08 Å². The van der Waals surface area contributed by atoms with Gasteiger partial charge in [0.05, 0.1) is 21.1 Å². The van der Waals surface area contributed by atoms with Crippen LogP contribution in [-0.4, -0.2) is 37.7 Å². The minimum Gasteiger partial charge on any atom is -1.00 e. The van der Waals surface area contributed by atoms with Crippen LogP contribution in [0.3, 0.4) is 0 Å². The highest BCUT2D eigenvalue weighted by atomic mass is 35.5. The van der Waals surface area contributed by atoms with E-state index in [-0.39, 0.29) is 24.5 Å². The number of amides is 1. The molecule has 0 aliphatic rings. The summed E-state index contributed by atoms with van der Waals surface area (Å²) in [4.78, 5) is 10.8. The fourth-order valence-corrected chi connectivity index (χ4v) is 0.458. The van der Waals surface area contributed by atoms with Crippen molar-refractivity contribution in [3.05, 3.63) is 12.7 Å². The molecule has 0 aliphatic carbocycles. The largest absolute Gasteiger partial charge is 1.00 e. The van der Waals surface area contributed by atoms with Crippen molar-refractivity contribution < 1.29 is 21.7 Å². The van der Waals surface area contributed by atoms with Crippen molar-refractivity contribution in [2.24, 2.45) is 0 Å². The zero-order chi connectivity index (χ0) is 9.07. The van der Waals surface area contributed by atoms with Crippen molar-refractivity contribution in [3.63, 3.8) is 0 Å². The average Bonchev–Trinajstić information content (AvgIpc) is 1.85. The molecule has 0 radical (unpaired) electrons. The molecule has 0 aliphatic heterocycles. The van der Waals surface area contributed by atoms with E-state index in [0.29, 0.717) is 4.48 Å². The van der Waals surface area contributed by atoms with E-state index in [1.807, 2.05) is 28.1 Å². The first-order valence-electron chi connectivity index (χ1n) is 3.62. The molecule has 0 heterocycles. The summed E-state index contributed by atoms with van der Waals surface area (Å²) in [7, 11) is 6.07. The Labute approximate surface area is 80.4 Å². The normalized spacial score (nSPS) is 12.7. The number of carbonyl (C=O) groups is 1. The second kappa shape index (κ2) is 5.17. The minimum atomic E-state index is -0.120. The Balaban J connectivity index is 0. The molecule has 1 unspecified atom stereocenters. The van der Waals surface area contributed by atoms with Gasteiger partial charge in [-0.3, -0.25) is 4.79 Å². The molecule has 0 fully saturated rings. The standard InChI is InChI=1S/C8H16N2O.ClH/c1-6-8(11)9-7(2)10(3,4)5;/h6-7H,1H2,2-5H3;1H. The second-order valence-corrected chi connectivity index (χ2v) is 3.50. The van der Waals surface area contributed by atoms with Gasteiger partial charge in [0, 0.05) is 6.92 Å². The molecule has 1 atom stereocenters. The van der Waals surface area contributed by atoms with Gasteiger partial charge in [0.2, 0.25) is 5.91 Å². The first kappa shape index (κ1) is 14.0. The van der Waals surface area contributed by atoms with Crippen LogP contribution in [0.5, 0.6) is 0 Å². The molecule has 0 saturated heterocycles. The van der Waals surface area contributed by atoms with E-state index in [0.717, 1.165) is 0 Å². The van der Waals surface area contributed by atoms with Crippen LogP contribution in [0.1, 0.15) is 6.92 Å². The quantitative estimate of drug-likeness (QED) is 0.296. The van der Waals surface area contributed by atoms with Crippen molar-refractivity contribution in [2.45, 2.75) is 13.1 Å². The van der Waals surface area contributed by atoms with Crippen LogP contribution in [0.25, 0.3) is 0 Å². The first-order chi connectivity index (χ1) is 4.88. The fourth-order valence-electron chi connectivity index (χ4n) is 0.458. The maximum Gasteiger partial charge on any atom is 0.247 e. The number of hydrogen-bond acceptors (Lipinski definition) is 1. The summed E-state index contributed by atoms with van der Waals surface area (Å²) in [6, 6.07) is 0. The third kappa shape index (κ3) is 5.16. The van der Waals surface area contributed by atoms with Gasteiger partial charge in [0.1, 0.15) is 0 Å². The molecular weight excluding hydrogens is 176 g/mol. The molecule has 0 aromatic carbocycles. The lowest BCUT2D eigenvalue weighted by Gasteiger charge is -2.31. The molecule has 0 saturated carbocycles. The van der Waals surface area contributed by atoms with Gasteiger partial charge >= 0.3 is 0 Å². The molecule has 0 bridgehead atoms. The van der Waals surface area contributed by atoms with Crippen molar-refractivity contribution in [1.82, 2.24) is 5.32 Å². The zero-order valence-corrected chi connectivity index (χ0v) is 8.85. The lowest BCUT2D eigenvalue weighted by atomic mass is 10.4. The Bertz CT molecular complexity index is 163. The van der Waals surface area contributed by atoms with Gasteiger partial charge in [-0.25, -0.2) is 0 Å². The predicted molar refractivity (Wildman–Crippen MR) is 45.8 cm³/mol. The summed E-state index contributed by atoms with van der Waals surface area (Å²) in [5, 5.41) is 2.78. The molecule has 0 spiro atoms. The van der Waals surface area contributed by atoms with Gasteiger partial charge in [-0.2, -0.15) is 0 Å². The van der Waals surface area contributed by atoms with Crippen LogP contribution in [0, 0.1) is 0 Å². The van der Waals surface area contributed by atoms with E-state index in [2.05, 4.69) is 11.9 Å². The van der Waals surface area contributed by atoms with Crippen LogP contribution < -0.4 is 17.7 Å². The van der Waals surface area contributed by atoms with E-state index in [9.17, 15) is 4.79 Å². The van der Waals surface area contributed by atoms with Crippen molar-refractivity contribution >= 4 is 5.91 Å². The molecule has 1 N–H and O–H groups in total. The van der Waals surface area contributed by atoms with Crippen LogP contribution in [-0.2, 0) is 4.79 Å². The summed E-state index contributed by atoms with van der Waals surface area (Å²) in [5.74, 6) is -0.120. The molecule has 72 valence electrons. The van der Waals surface area contributed by atoms with Gasteiger partial charge in [0.25, 0.3) is 0 Å². The fraction of sp³-hybridized carbons (Fsp3) is 0.625. The number of hydrogen-bond donors (Lipinski definition) is 1. The Hall–Kier alpha value is -0.540. The Kier molecular flexibility index (Phi) is 6.03. The van der Waals surface area contributed by atoms with E-state index in [4.69, 9.17) is 0 Å². The van der Waals surface area contributed by atoms with E-state index in [1.54, 1.807) is 0 Å². The van der Waals surface area contributed by atoms with Crippen molar-refractivity contribution in [2.75, 3.05) is 21.1 Å². The van der Waals surface area contributed by atoms with Gasteiger partial charge < -0.3 is 22.2 Å². The smallest absolute Gasteiger partial charge is 0.247 e. The summed E-state index contributed by atoms with van der Waals surface area (Å²) in [6.45, 7) is 5.34. The molecular formula is C8H17ClN2O. The zero-order valence-electron chi connectivity index (χ0n) is 8.10. The molecule has 12 heavy (non-hydrogen) atoms. The van der Waals surface area contributed by atoms with Crippen LogP contribution in [0.4, 0.5) is 0 Å². The van der Waals surface area contributed by atoms with E-state index >= 15 is 0 Å². The highest BCUT2D eigenvalue weighted by molar-refractivity contribution is 5.86. The van der Waals surface area contributed by atoms with E-state index in [1.165, 1.54) is 6.08 Å². The number of nitrogens with one attached hydrogen (secondary N) is 1. The lowest BCUT2D eigenvalue weighted by Crippen LogP contribution is -3.00. The predicted octanol–water partition coefficient (Wildman–Crippen LogP) is -2.66. The molecule has 0 aromatic heterocycles. The summed E-state index contributed by atoms with van der Waals surface area (Å²) < 4.78 is 0.708. The summed E-state index contributed by atoms with van der Waals surface area (Å²) in [5.41, 5.74) is 0. The first-order valence-corrected chi connectivity index (χ1v) is 3.62. The maximum atomic E-state index is 10.8. The Morgan fingerprint density at radius 2 is 1.92 bits per heavy atom. The van der Waals surface area contributed by atoms with Crippen LogP contribution in [0.2, 0.25) is 0 Å². The highest BCUT2D eigenvalue weighted by Gasteiger charge is 2.18. The van der Waals surface area contributed by atoms with Crippen LogP contribution in [0.15, 0.2) is 12.7 Å². The van der Waals surface area contributed by atoms with Crippen LogP contribution >= 0.6 is 0 Å². The molecule has 0 aromatic rings. The van der Waals surface area contributed by atoms with Gasteiger partial charge in [0.15, 0.2) is 6.17 Å². The number of quaternary nitrogens is 1. The third-order valence-electron chi connectivity index (χ3n) is 1.70. The van der Waals surface area contributed by atoms with E-state index < -0.39 is 0 Å². The Morgan fingerprint density at radius 1 is 1.50 bits per heavy atom. The highest BCUT2D eigenvalue weighted by Crippen LogP contribution is 1.96. The second-order valence-electron chi connectivity index (χ2n) is 3.50. The van der Waals surface area contributed by atoms with Crippen molar-refractivity contribution in [1.29, 1.82) is 0 Å². The van der Waals surface area contributed by atoms with Gasteiger partial charge in [-0.1, -0.05) is 6.58 Å². The van der Waals surface area contributed by atoms with Gasteiger partial charge in [-0.15, -0.1) is 0 Å².